The van der Waals surface area contributed by atoms with Crippen LogP contribution in [0.5, 0.6) is 0 Å². The number of thiazole rings is 1. The number of rotatable bonds is 2. The Hall–Kier alpha value is -1.35. The van der Waals surface area contributed by atoms with Gasteiger partial charge in [-0.1, -0.05) is 6.58 Å². The summed E-state index contributed by atoms with van der Waals surface area (Å²) in [6.07, 6.45) is 1.67. The van der Waals surface area contributed by atoms with Crippen LogP contribution >= 0.6 is 11.3 Å². The van der Waals surface area contributed by atoms with Crippen molar-refractivity contribution in [2.45, 2.75) is 0 Å². The minimum Gasteiger partial charge on any atom is -0.362 e. The van der Waals surface area contributed by atoms with Crippen molar-refractivity contribution < 1.29 is 0 Å². The smallest absolute Gasteiger partial charge is 0.0813 e. The molecule has 0 aliphatic heterocycles. The van der Waals surface area contributed by atoms with E-state index in [0.29, 0.717) is 0 Å². The molecule has 1 aromatic carbocycles. The van der Waals surface area contributed by atoms with Crippen LogP contribution in [0.3, 0.4) is 0 Å². The molecule has 0 saturated heterocycles. The quantitative estimate of drug-likeness (QED) is 0.761. The van der Waals surface area contributed by atoms with E-state index in [4.69, 9.17) is 0 Å². The summed E-state index contributed by atoms with van der Waals surface area (Å²) in [6.45, 7) is 3.60. The van der Waals surface area contributed by atoms with Crippen LogP contribution in [0.4, 0.5) is 5.69 Å². The van der Waals surface area contributed by atoms with Crippen LogP contribution in [-0.2, 0) is 0 Å². The van der Waals surface area contributed by atoms with Crippen molar-refractivity contribution >= 4 is 27.2 Å². The van der Waals surface area contributed by atoms with Crippen molar-refractivity contribution in [2.75, 3.05) is 5.32 Å². The SMILES string of the molecule is C=CNc1ccc2ncsc2c1. The lowest BCUT2D eigenvalue weighted by molar-refractivity contribution is 1.50. The van der Waals surface area contributed by atoms with E-state index in [1.165, 1.54) is 4.70 Å². The zero-order valence-electron chi connectivity index (χ0n) is 6.45. The van der Waals surface area contributed by atoms with Gasteiger partial charge in [0.1, 0.15) is 0 Å². The normalized spacial score (nSPS) is 10.0. The van der Waals surface area contributed by atoms with E-state index in [9.17, 15) is 0 Å². The highest BCUT2D eigenvalue weighted by atomic mass is 32.1. The number of anilines is 1. The first-order valence-electron chi connectivity index (χ1n) is 3.61. The molecule has 0 unspecified atom stereocenters. The van der Waals surface area contributed by atoms with Gasteiger partial charge in [-0.05, 0) is 24.4 Å². The first-order chi connectivity index (χ1) is 5.90. The molecular weight excluding hydrogens is 168 g/mol. The van der Waals surface area contributed by atoms with Crippen LogP contribution in [0, 0.1) is 0 Å². The Morgan fingerprint density at radius 1 is 1.50 bits per heavy atom. The summed E-state index contributed by atoms with van der Waals surface area (Å²) in [5.74, 6) is 0. The molecule has 0 bridgehead atoms. The molecule has 0 spiro atoms. The Kier molecular flexibility index (Phi) is 1.80. The average Bonchev–Trinajstić information content (AvgIpc) is 2.51. The minimum absolute atomic E-state index is 1.05. The van der Waals surface area contributed by atoms with Crippen molar-refractivity contribution in [1.82, 2.24) is 4.98 Å². The second-order valence-electron chi connectivity index (χ2n) is 2.38. The van der Waals surface area contributed by atoms with Crippen molar-refractivity contribution in [3.05, 3.63) is 36.5 Å². The van der Waals surface area contributed by atoms with Gasteiger partial charge in [0.15, 0.2) is 0 Å². The lowest BCUT2D eigenvalue weighted by Gasteiger charge is -1.97. The highest BCUT2D eigenvalue weighted by Crippen LogP contribution is 2.21. The molecule has 2 rings (SSSR count). The van der Waals surface area contributed by atoms with Crippen molar-refractivity contribution in [2.24, 2.45) is 0 Å². The molecule has 0 atom stereocenters. The summed E-state index contributed by atoms with van der Waals surface area (Å²) in [4.78, 5) is 4.18. The van der Waals surface area contributed by atoms with Crippen LogP contribution in [0.2, 0.25) is 0 Å². The monoisotopic (exact) mass is 176 g/mol. The highest BCUT2D eigenvalue weighted by Gasteiger charge is 1.95. The molecule has 0 aliphatic carbocycles. The number of hydrogen-bond donors (Lipinski definition) is 1. The molecule has 0 fully saturated rings. The fourth-order valence-electron chi connectivity index (χ4n) is 1.06. The van der Waals surface area contributed by atoms with Gasteiger partial charge in [0.05, 0.1) is 15.7 Å². The van der Waals surface area contributed by atoms with Crippen LogP contribution < -0.4 is 5.32 Å². The van der Waals surface area contributed by atoms with Crippen LogP contribution in [0.15, 0.2) is 36.5 Å². The molecule has 0 saturated carbocycles. The van der Waals surface area contributed by atoms with Crippen LogP contribution in [0.1, 0.15) is 0 Å². The molecule has 3 heteroatoms. The minimum atomic E-state index is 1.05. The predicted molar refractivity (Wildman–Crippen MR) is 53.4 cm³/mol. The van der Waals surface area contributed by atoms with E-state index >= 15 is 0 Å². The number of fused-ring (bicyclic) bond motifs is 1. The summed E-state index contributed by atoms with van der Waals surface area (Å²) in [7, 11) is 0. The Morgan fingerprint density at radius 3 is 3.25 bits per heavy atom. The largest absolute Gasteiger partial charge is 0.362 e. The van der Waals surface area contributed by atoms with Crippen molar-refractivity contribution in [1.29, 1.82) is 0 Å². The zero-order chi connectivity index (χ0) is 8.39. The van der Waals surface area contributed by atoms with E-state index in [0.717, 1.165) is 11.2 Å². The first kappa shape index (κ1) is 7.31. The second-order valence-corrected chi connectivity index (χ2v) is 3.27. The molecule has 1 aromatic heterocycles. The number of nitrogens with zero attached hydrogens (tertiary/aromatic N) is 1. The van der Waals surface area contributed by atoms with Gasteiger partial charge in [-0.15, -0.1) is 11.3 Å². The number of nitrogens with one attached hydrogen (secondary N) is 1. The molecule has 0 radical (unpaired) electrons. The first-order valence-corrected chi connectivity index (χ1v) is 4.49. The molecule has 1 N–H and O–H groups in total. The molecule has 2 aromatic rings. The Morgan fingerprint density at radius 2 is 2.42 bits per heavy atom. The van der Waals surface area contributed by atoms with Gasteiger partial charge in [-0.25, -0.2) is 4.98 Å². The second kappa shape index (κ2) is 2.95. The third kappa shape index (κ3) is 1.19. The third-order valence-electron chi connectivity index (χ3n) is 1.60. The van der Waals surface area contributed by atoms with Crippen molar-refractivity contribution in [3.8, 4) is 0 Å². The van der Waals surface area contributed by atoms with E-state index in [1.54, 1.807) is 17.5 Å². The molecule has 2 nitrogen and oxygen atoms in total. The predicted octanol–water partition coefficient (Wildman–Crippen LogP) is 2.85. The zero-order valence-corrected chi connectivity index (χ0v) is 7.27. The highest BCUT2D eigenvalue weighted by molar-refractivity contribution is 7.16. The average molecular weight is 176 g/mol. The van der Waals surface area contributed by atoms with Gasteiger partial charge in [0, 0.05) is 5.69 Å². The molecule has 12 heavy (non-hydrogen) atoms. The lowest BCUT2D eigenvalue weighted by Crippen LogP contribution is -1.83. The van der Waals surface area contributed by atoms with Gasteiger partial charge >= 0.3 is 0 Å². The van der Waals surface area contributed by atoms with Crippen LogP contribution in [0.25, 0.3) is 10.2 Å². The maximum atomic E-state index is 4.18. The van der Waals surface area contributed by atoms with E-state index in [2.05, 4.69) is 22.9 Å². The standard InChI is InChI=1S/C9H8N2S/c1-2-10-7-3-4-8-9(5-7)12-6-11-8/h2-6,10H,1H2. The van der Waals surface area contributed by atoms with E-state index in [1.807, 2.05) is 17.6 Å². The van der Waals surface area contributed by atoms with Crippen LogP contribution in [-0.4, -0.2) is 4.98 Å². The summed E-state index contributed by atoms with van der Waals surface area (Å²) < 4.78 is 1.20. The molecule has 0 aliphatic rings. The van der Waals surface area contributed by atoms with Crippen molar-refractivity contribution in [3.63, 3.8) is 0 Å². The lowest BCUT2D eigenvalue weighted by atomic mass is 10.3. The van der Waals surface area contributed by atoms with E-state index < -0.39 is 0 Å². The van der Waals surface area contributed by atoms with Gasteiger partial charge in [-0.3, -0.25) is 0 Å². The third-order valence-corrected chi connectivity index (χ3v) is 2.39. The van der Waals surface area contributed by atoms with Gasteiger partial charge in [-0.2, -0.15) is 0 Å². The summed E-state index contributed by atoms with van der Waals surface area (Å²) in [5.41, 5.74) is 3.96. The summed E-state index contributed by atoms with van der Waals surface area (Å²) in [5, 5.41) is 3.03. The fourth-order valence-corrected chi connectivity index (χ4v) is 1.78. The Bertz CT molecular complexity index is 406. The fraction of sp³-hybridized carbons (Fsp3) is 0. The molecule has 1 heterocycles. The molecule has 0 amide bonds. The number of aromatic nitrogens is 1. The maximum absolute atomic E-state index is 4.18. The Labute approximate surface area is 74.6 Å². The summed E-state index contributed by atoms with van der Waals surface area (Å²) >= 11 is 1.64. The summed E-state index contributed by atoms with van der Waals surface area (Å²) in [6, 6.07) is 6.05. The topological polar surface area (TPSA) is 24.9 Å². The molecular formula is C9H8N2S. The number of benzene rings is 1. The van der Waals surface area contributed by atoms with Gasteiger partial charge in [0.25, 0.3) is 0 Å². The molecule has 60 valence electrons. The van der Waals surface area contributed by atoms with E-state index in [-0.39, 0.29) is 0 Å². The number of hydrogen-bond acceptors (Lipinski definition) is 3. The van der Waals surface area contributed by atoms with Gasteiger partial charge < -0.3 is 5.32 Å². The van der Waals surface area contributed by atoms with Gasteiger partial charge in [0.2, 0.25) is 0 Å². The maximum Gasteiger partial charge on any atom is 0.0813 e. The Balaban J connectivity index is 2.52.